The number of likely N-dealkylation sites (N-methyl/N-ethyl adjacent to an activating group) is 1. The maximum absolute atomic E-state index is 13.3. The van der Waals surface area contributed by atoms with Crippen molar-refractivity contribution in [3.05, 3.63) is 65.0 Å². The molecule has 3 aromatic rings. The molecule has 1 saturated heterocycles. The van der Waals surface area contributed by atoms with E-state index in [0.717, 1.165) is 25.3 Å². The van der Waals surface area contributed by atoms with Crippen LogP contribution in [-0.4, -0.2) is 70.8 Å². The zero-order chi connectivity index (χ0) is 27.2. The van der Waals surface area contributed by atoms with Gasteiger partial charge in [-0.3, -0.25) is 19.7 Å². The third-order valence-electron chi connectivity index (χ3n) is 6.27. The van der Waals surface area contributed by atoms with Crippen LogP contribution in [0.3, 0.4) is 0 Å². The van der Waals surface area contributed by atoms with Crippen LogP contribution >= 0.6 is 22.9 Å². The second-order valence-corrected chi connectivity index (χ2v) is 10.6. The molecule has 4 rings (SSSR count). The first kappa shape index (κ1) is 27.6. The van der Waals surface area contributed by atoms with Crippen LogP contribution < -0.4 is 10.6 Å². The van der Waals surface area contributed by atoms with Gasteiger partial charge in [-0.2, -0.15) is 0 Å². The second-order valence-electron chi connectivity index (χ2n) is 9.32. The fraction of sp³-hybridized carbons (Fsp3) is 0.333. The Balaban J connectivity index is 1.67. The number of hydrogen-bond donors (Lipinski definition) is 2. The van der Waals surface area contributed by atoms with E-state index >= 15 is 0 Å². The average molecular weight is 555 g/mol. The largest absolute Gasteiger partial charge is 0.337 e. The minimum Gasteiger partial charge on any atom is -0.337 e. The number of nitrogens with zero attached hydrogens (tertiary/aromatic N) is 4. The van der Waals surface area contributed by atoms with Crippen molar-refractivity contribution in [1.29, 1.82) is 0 Å². The maximum Gasteiger partial charge on any atom is 0.260 e. The number of halogens is 1. The minimum absolute atomic E-state index is 0.0410. The number of thiophene rings is 1. The van der Waals surface area contributed by atoms with Gasteiger partial charge in [0.2, 0.25) is 17.8 Å². The Kier molecular flexibility index (Phi) is 8.98. The van der Waals surface area contributed by atoms with Crippen LogP contribution in [0.2, 0.25) is 5.02 Å². The van der Waals surface area contributed by atoms with Crippen LogP contribution in [0.15, 0.2) is 54.5 Å². The molecule has 11 heteroatoms. The molecule has 1 aliphatic heterocycles. The lowest BCUT2D eigenvalue weighted by Gasteiger charge is -2.26. The zero-order valence-corrected chi connectivity index (χ0v) is 23.0. The molecule has 0 bridgehead atoms. The number of rotatable bonds is 8. The van der Waals surface area contributed by atoms with Crippen molar-refractivity contribution in [3.8, 4) is 0 Å². The Hall–Kier alpha value is -3.47. The molecule has 2 N–H and O–H groups in total. The first-order valence-electron chi connectivity index (χ1n) is 12.4. The number of fused-ring (bicyclic) bond motifs is 1. The number of anilines is 2. The smallest absolute Gasteiger partial charge is 0.260 e. The summed E-state index contributed by atoms with van der Waals surface area (Å²) >= 11 is 7.89. The van der Waals surface area contributed by atoms with Gasteiger partial charge < -0.3 is 19.7 Å². The number of imidazole rings is 1. The van der Waals surface area contributed by atoms with Crippen LogP contribution in [0.25, 0.3) is 11.0 Å². The molecule has 0 spiro atoms. The molecule has 3 heterocycles. The summed E-state index contributed by atoms with van der Waals surface area (Å²) in [6.07, 6.45) is 7.23. The lowest BCUT2D eigenvalue weighted by Crippen LogP contribution is -2.34. The van der Waals surface area contributed by atoms with Gasteiger partial charge in [-0.05, 0) is 63.0 Å². The summed E-state index contributed by atoms with van der Waals surface area (Å²) in [5.41, 5.74) is 1.67. The third kappa shape index (κ3) is 6.32. The molecule has 200 valence electrons. The molecule has 0 radical (unpaired) electrons. The first-order chi connectivity index (χ1) is 18.3. The molecule has 0 unspecified atom stereocenters. The molecule has 38 heavy (non-hydrogen) atoms. The normalized spacial score (nSPS) is 16.1. The molecular weight excluding hydrogens is 524 g/mol. The topological polar surface area (TPSA) is 99.6 Å². The van der Waals surface area contributed by atoms with Crippen LogP contribution in [0.4, 0.5) is 10.9 Å². The van der Waals surface area contributed by atoms with Crippen LogP contribution in [0.1, 0.15) is 35.7 Å². The highest BCUT2D eigenvalue weighted by Crippen LogP contribution is 2.34. The molecule has 1 atom stereocenters. The SMILES string of the molecule is C=CC(=O)Nc1sccc1C(=O)Nc1nc2cccc(Cl)c2n1[C@@H]1CCCCN(C(=O)/C=C/CN(C)C)C1. The molecule has 2 aromatic heterocycles. The number of carbonyl (C=O) groups excluding carboxylic acids is 3. The number of nitrogens with one attached hydrogen (secondary N) is 2. The molecule has 1 aromatic carbocycles. The lowest BCUT2D eigenvalue weighted by atomic mass is 10.1. The van der Waals surface area contributed by atoms with E-state index in [2.05, 4.69) is 17.2 Å². The lowest BCUT2D eigenvalue weighted by molar-refractivity contribution is -0.126. The van der Waals surface area contributed by atoms with Crippen molar-refractivity contribution in [2.24, 2.45) is 0 Å². The van der Waals surface area contributed by atoms with E-state index in [1.165, 1.54) is 11.3 Å². The Morgan fingerprint density at radius 3 is 2.82 bits per heavy atom. The van der Waals surface area contributed by atoms with Crippen LogP contribution in [0, 0.1) is 0 Å². The number of para-hydroxylation sites is 1. The minimum atomic E-state index is -0.411. The van der Waals surface area contributed by atoms with E-state index in [1.807, 2.05) is 46.7 Å². The predicted octanol–water partition coefficient (Wildman–Crippen LogP) is 4.80. The predicted molar refractivity (Wildman–Crippen MR) is 153 cm³/mol. The third-order valence-corrected chi connectivity index (χ3v) is 7.41. The summed E-state index contributed by atoms with van der Waals surface area (Å²) in [4.78, 5) is 46.7. The number of carbonyl (C=O) groups is 3. The molecule has 0 saturated carbocycles. The van der Waals surface area contributed by atoms with E-state index < -0.39 is 11.8 Å². The molecule has 1 aliphatic rings. The summed E-state index contributed by atoms with van der Waals surface area (Å²) < 4.78 is 1.94. The van der Waals surface area contributed by atoms with E-state index in [9.17, 15) is 14.4 Å². The van der Waals surface area contributed by atoms with Gasteiger partial charge in [-0.1, -0.05) is 30.3 Å². The van der Waals surface area contributed by atoms with Crippen molar-refractivity contribution >= 4 is 62.6 Å². The number of likely N-dealkylation sites (tertiary alicyclic amines) is 1. The van der Waals surface area contributed by atoms with Gasteiger partial charge in [0, 0.05) is 25.7 Å². The molecule has 9 nitrogen and oxygen atoms in total. The Labute approximate surface area is 230 Å². The molecule has 3 amide bonds. The fourth-order valence-corrected chi connectivity index (χ4v) is 5.52. The van der Waals surface area contributed by atoms with Gasteiger partial charge in [0.1, 0.15) is 5.00 Å². The molecule has 0 aliphatic carbocycles. The van der Waals surface area contributed by atoms with Gasteiger partial charge in [-0.25, -0.2) is 4.98 Å². The number of aromatic nitrogens is 2. The Morgan fingerprint density at radius 1 is 1.24 bits per heavy atom. The highest BCUT2D eigenvalue weighted by atomic mass is 35.5. The van der Waals surface area contributed by atoms with Crippen molar-refractivity contribution in [2.45, 2.75) is 25.3 Å². The zero-order valence-electron chi connectivity index (χ0n) is 21.4. The Morgan fingerprint density at radius 2 is 2.05 bits per heavy atom. The summed E-state index contributed by atoms with van der Waals surface area (Å²) in [6, 6.07) is 6.95. The van der Waals surface area contributed by atoms with Crippen LogP contribution in [-0.2, 0) is 9.59 Å². The van der Waals surface area contributed by atoms with Crippen molar-refractivity contribution in [2.75, 3.05) is 44.4 Å². The number of benzene rings is 1. The highest BCUT2D eigenvalue weighted by Gasteiger charge is 2.28. The van der Waals surface area contributed by atoms with Crippen LogP contribution in [0.5, 0.6) is 0 Å². The summed E-state index contributed by atoms with van der Waals surface area (Å²) in [6.45, 7) is 5.26. The molecular formula is C27H31ClN6O3S. The average Bonchev–Trinajstić information content (AvgIpc) is 3.40. The summed E-state index contributed by atoms with van der Waals surface area (Å²) in [5.74, 6) is -0.511. The first-order valence-corrected chi connectivity index (χ1v) is 13.6. The Bertz CT molecular complexity index is 1380. The van der Waals surface area contributed by atoms with Gasteiger partial charge >= 0.3 is 0 Å². The maximum atomic E-state index is 13.3. The number of hydrogen-bond acceptors (Lipinski definition) is 6. The highest BCUT2D eigenvalue weighted by molar-refractivity contribution is 7.14. The van der Waals surface area contributed by atoms with Gasteiger partial charge in [0.05, 0.1) is 27.7 Å². The summed E-state index contributed by atoms with van der Waals surface area (Å²) in [5, 5.41) is 8.26. The van der Waals surface area contributed by atoms with Gasteiger partial charge in [0.15, 0.2) is 0 Å². The van der Waals surface area contributed by atoms with Crippen molar-refractivity contribution in [1.82, 2.24) is 19.4 Å². The van der Waals surface area contributed by atoms with E-state index in [4.69, 9.17) is 16.6 Å². The summed E-state index contributed by atoms with van der Waals surface area (Å²) in [7, 11) is 3.90. The second kappa shape index (κ2) is 12.4. The van der Waals surface area contributed by atoms with E-state index in [-0.39, 0.29) is 11.9 Å². The monoisotopic (exact) mass is 554 g/mol. The van der Waals surface area contributed by atoms with Gasteiger partial charge in [-0.15, -0.1) is 11.3 Å². The number of amides is 3. The van der Waals surface area contributed by atoms with Gasteiger partial charge in [0.25, 0.3) is 5.91 Å². The quantitative estimate of drug-likeness (QED) is 0.390. The molecule has 1 fully saturated rings. The van der Waals surface area contributed by atoms with E-state index in [1.54, 1.807) is 23.6 Å². The standard InChI is InChI=1S/C27H31ClN6O3S/c1-4-22(35)30-26-19(13-16-38-26)25(37)31-27-29-21-11-7-10-20(28)24(21)34(27)18-9-5-6-15-33(17-18)23(36)12-8-14-32(2)3/h4,7-8,10-13,16,18H,1,5-6,9,14-15,17H2,2-3H3,(H,30,35)(H,29,31,37)/b12-8+/t18-/m1/s1. The fourth-order valence-electron chi connectivity index (χ4n) is 4.47. The van der Waals surface area contributed by atoms with Crippen molar-refractivity contribution in [3.63, 3.8) is 0 Å². The van der Waals surface area contributed by atoms with E-state index in [0.29, 0.717) is 52.2 Å². The van der Waals surface area contributed by atoms with Crippen molar-refractivity contribution < 1.29 is 14.4 Å².